The summed E-state index contributed by atoms with van der Waals surface area (Å²) in [7, 11) is 0. The summed E-state index contributed by atoms with van der Waals surface area (Å²) >= 11 is 0. The zero-order valence-corrected chi connectivity index (χ0v) is 22.9. The van der Waals surface area contributed by atoms with Gasteiger partial charge in [-0.25, -0.2) is 4.39 Å². The normalized spacial score (nSPS) is 13.9. The van der Waals surface area contributed by atoms with Crippen LogP contribution in [0.2, 0.25) is 0 Å². The number of carbonyl (C=O) groups is 2. The number of carbonyl (C=O) groups excluding carboxylic acids is 2. The van der Waals surface area contributed by atoms with E-state index in [-0.39, 0.29) is 18.1 Å². The van der Waals surface area contributed by atoms with Gasteiger partial charge in [0.1, 0.15) is 5.82 Å². The maximum absolute atomic E-state index is 13.1. The number of halogens is 1. The van der Waals surface area contributed by atoms with Crippen molar-refractivity contribution in [3.8, 4) is 5.69 Å². The number of ketones is 1. The predicted octanol–water partition coefficient (Wildman–Crippen LogP) is 7.08. The largest absolute Gasteiger partial charge is 0.372 e. The Morgan fingerprint density at radius 3 is 2.29 bits per heavy atom. The van der Waals surface area contributed by atoms with Crippen LogP contribution in [0, 0.1) is 11.7 Å². The second kappa shape index (κ2) is 11.4. The zero-order chi connectivity index (χ0) is 28.3. The average Bonchev–Trinajstić information content (AvgIpc) is 3.42. The molecule has 5 aromatic rings. The molecule has 0 radical (unpaired) electrons. The molecule has 0 bridgehead atoms. The third kappa shape index (κ3) is 5.89. The van der Waals surface area contributed by atoms with Crippen LogP contribution in [-0.4, -0.2) is 34.3 Å². The lowest BCUT2D eigenvalue weighted by Crippen LogP contribution is -2.32. The lowest BCUT2D eigenvalue weighted by molar-refractivity contribution is 0.0990. The van der Waals surface area contributed by atoms with Crippen molar-refractivity contribution in [3.05, 3.63) is 120 Å². The maximum Gasteiger partial charge on any atom is 0.255 e. The molecule has 1 amide bonds. The molecule has 1 aliphatic heterocycles. The average molecular weight is 547 g/mol. The minimum Gasteiger partial charge on any atom is -0.372 e. The highest BCUT2D eigenvalue weighted by molar-refractivity contribution is 6.05. The smallest absolute Gasteiger partial charge is 0.255 e. The van der Waals surface area contributed by atoms with E-state index in [0.29, 0.717) is 16.8 Å². The van der Waals surface area contributed by atoms with Crippen molar-refractivity contribution in [3.63, 3.8) is 0 Å². The molecule has 3 heterocycles. The number of nitrogens with zero attached hydrogens (tertiary/aromatic N) is 3. The molecule has 0 aliphatic carbocycles. The second-order valence-corrected chi connectivity index (χ2v) is 10.7. The number of benzene rings is 3. The van der Waals surface area contributed by atoms with E-state index in [1.807, 2.05) is 71.4 Å². The van der Waals surface area contributed by atoms with Crippen molar-refractivity contribution < 1.29 is 14.0 Å². The number of amides is 1. The third-order valence-electron chi connectivity index (χ3n) is 7.82. The van der Waals surface area contributed by atoms with E-state index in [9.17, 15) is 14.0 Å². The second-order valence-electron chi connectivity index (χ2n) is 10.7. The quantitative estimate of drug-likeness (QED) is 0.222. The van der Waals surface area contributed by atoms with Crippen molar-refractivity contribution in [2.24, 2.45) is 5.92 Å². The minimum atomic E-state index is -0.424. The number of nitrogens with one attached hydrogen (secondary N) is 1. The number of hydrogen-bond donors (Lipinski definition) is 1. The molecule has 6 nitrogen and oxygen atoms in total. The van der Waals surface area contributed by atoms with Crippen molar-refractivity contribution in [1.29, 1.82) is 0 Å². The molecule has 2 aromatic heterocycles. The number of rotatable bonds is 7. The summed E-state index contributed by atoms with van der Waals surface area (Å²) in [6.07, 6.45) is 5.61. The van der Waals surface area contributed by atoms with Crippen molar-refractivity contribution in [2.75, 3.05) is 23.3 Å². The number of fused-ring (bicyclic) bond motifs is 1. The van der Waals surface area contributed by atoms with Gasteiger partial charge in [-0.2, -0.15) is 0 Å². The van der Waals surface area contributed by atoms with Gasteiger partial charge in [-0.1, -0.05) is 6.92 Å². The predicted molar refractivity (Wildman–Crippen MR) is 161 cm³/mol. The number of Topliss-reactive ketones (excluding diaryl/α,β-unsaturated/α-hetero) is 1. The van der Waals surface area contributed by atoms with Gasteiger partial charge in [-0.3, -0.25) is 14.6 Å². The van der Waals surface area contributed by atoms with Gasteiger partial charge in [0.25, 0.3) is 5.91 Å². The van der Waals surface area contributed by atoms with Gasteiger partial charge in [0.15, 0.2) is 5.78 Å². The Hall–Kier alpha value is -4.78. The highest BCUT2D eigenvalue weighted by Crippen LogP contribution is 2.26. The van der Waals surface area contributed by atoms with E-state index >= 15 is 0 Å². The SMILES string of the molecule is CC1CCN(c2ccc(C(=O)Nc3ccc4c(ccn4-c4ccc(C(=O)Cc5ccc(F)cn5)cc4)c3)cc2)CC1. The number of aromatic nitrogens is 2. The number of hydrogen-bond acceptors (Lipinski definition) is 4. The summed E-state index contributed by atoms with van der Waals surface area (Å²) in [4.78, 5) is 32.0. The van der Waals surface area contributed by atoms with Crippen molar-refractivity contribution >= 4 is 34.0 Å². The van der Waals surface area contributed by atoms with E-state index in [1.54, 1.807) is 12.1 Å². The standard InChI is InChI=1S/C34H31FN4O2/c1-23-14-17-38(18-15-23)30-9-4-25(5-10-30)34(41)37-29-8-13-32-26(20-29)16-19-39(32)31-11-2-24(3-12-31)33(40)21-28-7-6-27(35)22-36-28/h2-13,16,19-20,22-23H,14-15,17-18,21H2,1H3,(H,37,41). The van der Waals surface area contributed by atoms with Crippen molar-refractivity contribution in [1.82, 2.24) is 9.55 Å². The van der Waals surface area contributed by atoms with Gasteiger partial charge in [0, 0.05) is 58.6 Å². The molecule has 6 rings (SSSR count). The van der Waals surface area contributed by atoms with Gasteiger partial charge < -0.3 is 14.8 Å². The summed E-state index contributed by atoms with van der Waals surface area (Å²) in [5.41, 5.74) is 5.52. The van der Waals surface area contributed by atoms with Crippen LogP contribution in [0.1, 0.15) is 46.2 Å². The molecule has 0 spiro atoms. The molecule has 0 saturated carbocycles. The van der Waals surface area contributed by atoms with E-state index in [0.717, 1.165) is 47.5 Å². The van der Waals surface area contributed by atoms with E-state index in [4.69, 9.17) is 0 Å². The fraction of sp³-hybridized carbons (Fsp3) is 0.206. The molecular weight excluding hydrogens is 515 g/mol. The molecule has 1 saturated heterocycles. The Morgan fingerprint density at radius 1 is 0.878 bits per heavy atom. The van der Waals surface area contributed by atoms with Gasteiger partial charge in [0.2, 0.25) is 0 Å². The lowest BCUT2D eigenvalue weighted by Gasteiger charge is -2.32. The van der Waals surface area contributed by atoms with Crippen LogP contribution in [0.15, 0.2) is 97.3 Å². The van der Waals surface area contributed by atoms with Crippen LogP contribution in [0.3, 0.4) is 0 Å². The highest BCUT2D eigenvalue weighted by atomic mass is 19.1. The van der Waals surface area contributed by atoms with Crippen LogP contribution in [0.25, 0.3) is 16.6 Å². The molecule has 1 aliphatic rings. The summed E-state index contributed by atoms with van der Waals surface area (Å²) in [5.74, 6) is 0.134. The van der Waals surface area contributed by atoms with Crippen LogP contribution >= 0.6 is 0 Å². The van der Waals surface area contributed by atoms with Crippen LogP contribution in [0.5, 0.6) is 0 Å². The monoisotopic (exact) mass is 546 g/mol. The summed E-state index contributed by atoms with van der Waals surface area (Å²) in [5, 5.41) is 4.01. The summed E-state index contributed by atoms with van der Waals surface area (Å²) < 4.78 is 15.1. The number of pyridine rings is 1. The molecule has 41 heavy (non-hydrogen) atoms. The molecule has 0 unspecified atom stereocenters. The Balaban J connectivity index is 1.11. The van der Waals surface area contributed by atoms with Crippen LogP contribution in [-0.2, 0) is 6.42 Å². The van der Waals surface area contributed by atoms with Crippen LogP contribution < -0.4 is 10.2 Å². The van der Waals surface area contributed by atoms with Crippen molar-refractivity contribution in [2.45, 2.75) is 26.2 Å². The first kappa shape index (κ1) is 26.4. The van der Waals surface area contributed by atoms with Gasteiger partial charge in [-0.15, -0.1) is 0 Å². The fourth-order valence-corrected chi connectivity index (χ4v) is 5.32. The van der Waals surface area contributed by atoms with E-state index < -0.39 is 5.82 Å². The number of piperidine rings is 1. The molecule has 7 heteroatoms. The first-order valence-corrected chi connectivity index (χ1v) is 13.9. The van der Waals surface area contributed by atoms with Gasteiger partial charge in [-0.05, 0) is 104 Å². The molecule has 206 valence electrons. The van der Waals surface area contributed by atoms with Gasteiger partial charge in [0.05, 0.1) is 18.1 Å². The fourth-order valence-electron chi connectivity index (χ4n) is 5.32. The highest BCUT2D eigenvalue weighted by Gasteiger charge is 2.17. The van der Waals surface area contributed by atoms with E-state index in [2.05, 4.69) is 22.1 Å². The molecule has 1 N–H and O–H groups in total. The Labute approximate surface area is 238 Å². The summed E-state index contributed by atoms with van der Waals surface area (Å²) in [6, 6.07) is 25.9. The molecule has 0 atom stereocenters. The summed E-state index contributed by atoms with van der Waals surface area (Å²) in [6.45, 7) is 4.42. The van der Waals surface area contributed by atoms with E-state index in [1.165, 1.54) is 30.7 Å². The Bertz CT molecular complexity index is 1680. The molecular formula is C34H31FN4O2. The first-order chi connectivity index (χ1) is 19.9. The maximum atomic E-state index is 13.1. The van der Waals surface area contributed by atoms with Crippen LogP contribution in [0.4, 0.5) is 15.8 Å². The topological polar surface area (TPSA) is 67.2 Å². The molecule has 1 fully saturated rings. The third-order valence-corrected chi connectivity index (χ3v) is 7.82. The Kier molecular flexibility index (Phi) is 7.33. The minimum absolute atomic E-state index is 0.0795. The molecule has 3 aromatic carbocycles. The first-order valence-electron chi connectivity index (χ1n) is 13.9. The zero-order valence-electron chi connectivity index (χ0n) is 22.9. The Morgan fingerprint density at radius 2 is 1.59 bits per heavy atom. The lowest BCUT2D eigenvalue weighted by atomic mass is 9.98. The number of anilines is 2. The van der Waals surface area contributed by atoms with Gasteiger partial charge >= 0.3 is 0 Å².